The third kappa shape index (κ3) is 6.54. The molecule has 2 aliphatic rings. The molecule has 1 N–H and O–H groups in total. The molecule has 2 aromatic carbocycles. The van der Waals surface area contributed by atoms with Crippen LogP contribution in [0.3, 0.4) is 0 Å². The van der Waals surface area contributed by atoms with Crippen molar-refractivity contribution in [3.63, 3.8) is 0 Å². The van der Waals surface area contributed by atoms with E-state index in [1.807, 2.05) is 43.4 Å². The number of likely N-dealkylation sites (tertiary alicyclic amines) is 1. The van der Waals surface area contributed by atoms with Gasteiger partial charge in [0.05, 0.1) is 34.9 Å². The molecule has 1 fully saturated rings. The summed E-state index contributed by atoms with van der Waals surface area (Å²) in [6, 6.07) is 16.1. The van der Waals surface area contributed by atoms with Crippen LogP contribution in [0, 0.1) is 15.3 Å². The number of nitrogens with zero attached hydrogens (tertiary/aromatic N) is 6. The second-order valence-electron chi connectivity index (χ2n) is 11.9. The fourth-order valence-electron chi connectivity index (χ4n) is 6.35. The van der Waals surface area contributed by atoms with Gasteiger partial charge < -0.3 is 39.5 Å². The summed E-state index contributed by atoms with van der Waals surface area (Å²) in [6.45, 7) is 5.51. The zero-order valence-electron chi connectivity index (χ0n) is 25.7. The Morgan fingerprint density at radius 3 is 2.48 bits per heavy atom. The van der Waals surface area contributed by atoms with Gasteiger partial charge in [0, 0.05) is 29.6 Å². The van der Waals surface area contributed by atoms with E-state index < -0.39 is 11.0 Å². The average Bonchev–Trinajstić information content (AvgIpc) is 3.40. The number of fused-ring (bicyclic) bond motifs is 1. The molecular weight excluding hydrogens is 629 g/mol. The number of rotatable bonds is 10. The fourth-order valence-corrected chi connectivity index (χ4v) is 6.94. The van der Waals surface area contributed by atoms with Gasteiger partial charge in [0.15, 0.2) is 5.69 Å². The standard InChI is InChI=1S/C33H35Cl2N7O4/c1-22-32-23(19-28(40(22)43)31-26(34)7-6-8-27(31)35)9-14-30(38-32)37-24-10-12-25(13-11-24)46-18-17-42(15-4-3-5-16-42)20-29-33(41(44)45)36-21-39(29)2/h6-14,19,21-22H,3-5,15-18,20H2,1-2H3,(H,37,38). The molecule has 11 nitrogen and oxygen atoms in total. The Balaban J connectivity index is 1.11. The molecule has 2 aliphatic heterocycles. The van der Waals surface area contributed by atoms with E-state index in [2.05, 4.69) is 10.3 Å². The lowest BCUT2D eigenvalue weighted by Gasteiger charge is -2.42. The van der Waals surface area contributed by atoms with Crippen molar-refractivity contribution in [1.29, 1.82) is 0 Å². The SMILES string of the molecule is CC1c2nc(Nc3ccc(OCC[N+]4(Cc5c([N+](=O)[O-])ncn5C)CCCCC4)cc3)ccc2C=C(c2c(Cl)cccc2Cl)N1[O-]. The van der Waals surface area contributed by atoms with E-state index in [1.165, 1.54) is 12.7 Å². The first kappa shape index (κ1) is 31.8. The maximum Gasteiger partial charge on any atom is 0.390 e. The van der Waals surface area contributed by atoms with Crippen molar-refractivity contribution in [2.75, 3.05) is 31.6 Å². The number of aryl methyl sites for hydroxylation is 1. The zero-order valence-corrected chi connectivity index (χ0v) is 27.2. The van der Waals surface area contributed by atoms with Crippen molar-refractivity contribution in [2.45, 2.75) is 38.8 Å². The smallest absolute Gasteiger partial charge is 0.390 e. The molecule has 0 amide bonds. The van der Waals surface area contributed by atoms with Crippen molar-refractivity contribution in [2.24, 2.45) is 7.05 Å². The summed E-state index contributed by atoms with van der Waals surface area (Å²) in [5.74, 6) is 1.28. The van der Waals surface area contributed by atoms with Gasteiger partial charge in [0.1, 0.15) is 31.3 Å². The van der Waals surface area contributed by atoms with Crippen LogP contribution in [-0.4, -0.2) is 55.2 Å². The number of pyridine rings is 1. The van der Waals surface area contributed by atoms with Crippen LogP contribution in [0.1, 0.15) is 54.7 Å². The summed E-state index contributed by atoms with van der Waals surface area (Å²) in [7, 11) is 1.81. The number of nitro groups is 1. The van der Waals surface area contributed by atoms with Crippen molar-refractivity contribution >= 4 is 52.3 Å². The van der Waals surface area contributed by atoms with Crippen molar-refractivity contribution in [1.82, 2.24) is 19.6 Å². The lowest BCUT2D eigenvalue weighted by molar-refractivity contribution is -0.945. The summed E-state index contributed by atoms with van der Waals surface area (Å²) in [5.41, 5.74) is 3.86. The van der Waals surface area contributed by atoms with E-state index in [9.17, 15) is 15.3 Å². The first-order valence-corrected chi connectivity index (χ1v) is 16.0. The molecule has 0 bridgehead atoms. The van der Waals surface area contributed by atoms with Crippen LogP contribution < -0.4 is 10.1 Å². The van der Waals surface area contributed by atoms with Gasteiger partial charge in [-0.05, 0) is 90.7 Å². The van der Waals surface area contributed by atoms with E-state index in [-0.39, 0.29) is 5.82 Å². The number of nitrogens with one attached hydrogen (secondary N) is 1. The highest BCUT2D eigenvalue weighted by Crippen LogP contribution is 2.42. The monoisotopic (exact) mass is 663 g/mol. The van der Waals surface area contributed by atoms with Gasteiger partial charge in [-0.3, -0.25) is 0 Å². The molecule has 0 spiro atoms. The van der Waals surface area contributed by atoms with E-state index in [0.29, 0.717) is 51.7 Å². The van der Waals surface area contributed by atoms with Crippen LogP contribution >= 0.6 is 23.2 Å². The number of piperidine rings is 1. The number of quaternary nitrogens is 1. The fraction of sp³-hybridized carbons (Fsp3) is 0.333. The Labute approximate surface area is 277 Å². The number of benzene rings is 2. The number of anilines is 2. The van der Waals surface area contributed by atoms with Crippen molar-refractivity contribution in [3.8, 4) is 5.75 Å². The first-order valence-electron chi connectivity index (χ1n) is 15.3. The van der Waals surface area contributed by atoms with E-state index >= 15 is 0 Å². The molecule has 1 atom stereocenters. The molecule has 0 radical (unpaired) electrons. The summed E-state index contributed by atoms with van der Waals surface area (Å²) in [4.78, 5) is 19.9. The van der Waals surface area contributed by atoms with Crippen LogP contribution in [0.2, 0.25) is 10.0 Å². The lowest BCUT2D eigenvalue weighted by atomic mass is 9.98. The number of hydrogen-bond donors (Lipinski definition) is 1. The predicted molar refractivity (Wildman–Crippen MR) is 180 cm³/mol. The van der Waals surface area contributed by atoms with Gasteiger partial charge in [-0.15, -0.1) is 0 Å². The number of aromatic nitrogens is 3. The van der Waals surface area contributed by atoms with Crippen molar-refractivity contribution in [3.05, 3.63) is 109 Å². The molecule has 0 aliphatic carbocycles. The molecule has 1 saturated heterocycles. The molecule has 13 heteroatoms. The molecule has 4 heterocycles. The molecule has 46 heavy (non-hydrogen) atoms. The van der Waals surface area contributed by atoms with Crippen LogP contribution in [0.4, 0.5) is 17.3 Å². The highest BCUT2D eigenvalue weighted by atomic mass is 35.5. The second kappa shape index (κ2) is 13.3. The van der Waals surface area contributed by atoms with Crippen LogP contribution in [0.25, 0.3) is 11.8 Å². The maximum atomic E-state index is 13.3. The molecule has 0 saturated carbocycles. The topological polar surface area (TPSA) is 121 Å². The molecule has 4 aromatic rings. The quantitative estimate of drug-likeness (QED) is 0.104. The lowest BCUT2D eigenvalue weighted by Crippen LogP contribution is -2.53. The normalized spacial score (nSPS) is 17.3. The molecule has 1 unspecified atom stereocenters. The van der Waals surface area contributed by atoms with E-state index in [1.54, 1.807) is 35.8 Å². The van der Waals surface area contributed by atoms with Gasteiger partial charge in [0.2, 0.25) is 6.33 Å². The van der Waals surface area contributed by atoms with Gasteiger partial charge >= 0.3 is 5.82 Å². The van der Waals surface area contributed by atoms with Gasteiger partial charge in [-0.25, -0.2) is 4.98 Å². The highest BCUT2D eigenvalue weighted by molar-refractivity contribution is 6.37. The summed E-state index contributed by atoms with van der Waals surface area (Å²) in [5, 5.41) is 29.9. The Kier molecular flexibility index (Phi) is 9.19. The minimum atomic E-state index is -0.547. The number of halogens is 2. The number of imidazole rings is 1. The van der Waals surface area contributed by atoms with Gasteiger partial charge in [-0.1, -0.05) is 29.3 Å². The first-order chi connectivity index (χ1) is 22.1. The Morgan fingerprint density at radius 2 is 1.78 bits per heavy atom. The maximum absolute atomic E-state index is 13.3. The van der Waals surface area contributed by atoms with Crippen molar-refractivity contribution < 1.29 is 14.1 Å². The highest BCUT2D eigenvalue weighted by Gasteiger charge is 2.35. The van der Waals surface area contributed by atoms with E-state index in [0.717, 1.165) is 59.0 Å². The number of hydrogen-bond acceptors (Lipinski definition) is 8. The molecule has 6 rings (SSSR count). The zero-order chi connectivity index (χ0) is 32.4. The van der Waals surface area contributed by atoms with Gasteiger partial charge in [-0.2, -0.15) is 0 Å². The largest absolute Gasteiger partial charge is 0.758 e. The second-order valence-corrected chi connectivity index (χ2v) is 12.7. The predicted octanol–water partition coefficient (Wildman–Crippen LogP) is 7.73. The third-order valence-electron chi connectivity index (χ3n) is 8.87. The van der Waals surface area contributed by atoms with E-state index in [4.69, 9.17) is 32.9 Å². The summed E-state index contributed by atoms with van der Waals surface area (Å²) in [6.07, 6.45) is 6.63. The van der Waals surface area contributed by atoms with Gasteiger partial charge in [0.25, 0.3) is 0 Å². The summed E-state index contributed by atoms with van der Waals surface area (Å²) >= 11 is 12.8. The Morgan fingerprint density at radius 1 is 1.07 bits per heavy atom. The number of ether oxygens (including phenoxy) is 1. The Hall–Kier alpha value is -4.16. The Bertz CT molecular complexity index is 1750. The molecule has 240 valence electrons. The number of hydroxylamine groups is 2. The molecule has 2 aromatic heterocycles. The minimum absolute atomic E-state index is 0.0639. The van der Waals surface area contributed by atoms with Crippen LogP contribution in [-0.2, 0) is 13.6 Å². The average molecular weight is 665 g/mol. The molecular formula is C33H35Cl2N7O4. The third-order valence-corrected chi connectivity index (χ3v) is 9.50. The summed E-state index contributed by atoms with van der Waals surface area (Å²) < 4.78 is 8.65. The minimum Gasteiger partial charge on any atom is -0.758 e. The van der Waals surface area contributed by atoms with Crippen LogP contribution in [0.15, 0.2) is 60.9 Å². The van der Waals surface area contributed by atoms with Crippen LogP contribution in [0.5, 0.6) is 5.75 Å².